The van der Waals surface area contributed by atoms with Crippen LogP contribution >= 0.6 is 0 Å². The molecule has 1 N–H and O–H groups in total. The molecule has 1 aliphatic heterocycles. The van der Waals surface area contributed by atoms with E-state index in [9.17, 15) is 33.0 Å². The van der Waals surface area contributed by atoms with Crippen molar-refractivity contribution in [2.45, 2.75) is 18.3 Å². The molecule has 4 rings (SSSR count). The van der Waals surface area contributed by atoms with Crippen molar-refractivity contribution in [2.75, 3.05) is 5.32 Å². The van der Waals surface area contributed by atoms with Gasteiger partial charge in [0, 0.05) is 17.2 Å². The van der Waals surface area contributed by atoms with E-state index < -0.39 is 35.9 Å². The molecule has 3 aromatic rings. The Bertz CT molecular complexity index is 1160. The summed E-state index contributed by atoms with van der Waals surface area (Å²) in [4.78, 5) is 23.2. The second-order valence-corrected chi connectivity index (χ2v) is 6.67. The first-order chi connectivity index (χ1) is 14.2. The van der Waals surface area contributed by atoms with Gasteiger partial charge in [0.05, 0.1) is 18.0 Å². The van der Waals surface area contributed by atoms with Gasteiger partial charge in [0.2, 0.25) is 0 Å². The SMILES string of the molecule is O=C([O-])c1ccccc1C1Nc2cc(C(F)(F)F)nn2C1c1ccccc1C(=O)[O-]. The summed E-state index contributed by atoms with van der Waals surface area (Å²) < 4.78 is 40.5. The third-order valence-corrected chi connectivity index (χ3v) is 4.92. The Morgan fingerprint density at radius 3 is 2.03 bits per heavy atom. The van der Waals surface area contributed by atoms with Crippen LogP contribution in [0.4, 0.5) is 19.0 Å². The highest BCUT2D eigenvalue weighted by atomic mass is 19.4. The van der Waals surface area contributed by atoms with Crippen molar-refractivity contribution in [1.82, 2.24) is 9.78 Å². The van der Waals surface area contributed by atoms with Gasteiger partial charge in [0.1, 0.15) is 11.9 Å². The zero-order chi connectivity index (χ0) is 21.6. The lowest BCUT2D eigenvalue weighted by atomic mass is 9.89. The molecule has 0 fully saturated rings. The third kappa shape index (κ3) is 3.15. The van der Waals surface area contributed by atoms with Crippen molar-refractivity contribution in [2.24, 2.45) is 0 Å². The Balaban J connectivity index is 1.93. The van der Waals surface area contributed by atoms with Crippen LogP contribution in [0.1, 0.15) is 49.6 Å². The number of carboxylic acids is 2. The molecular weight excluding hydrogens is 403 g/mol. The molecule has 7 nitrogen and oxygen atoms in total. The lowest BCUT2D eigenvalue weighted by Crippen LogP contribution is -2.29. The quantitative estimate of drug-likeness (QED) is 0.690. The normalized spacial score (nSPS) is 18.0. The maximum absolute atomic E-state index is 13.2. The van der Waals surface area contributed by atoms with Crippen molar-refractivity contribution in [3.63, 3.8) is 0 Å². The number of aromatic carboxylic acids is 2. The van der Waals surface area contributed by atoms with Crippen LogP contribution < -0.4 is 15.5 Å². The number of halogens is 3. The van der Waals surface area contributed by atoms with Crippen LogP contribution in [0.25, 0.3) is 0 Å². The molecule has 0 amide bonds. The molecule has 1 aliphatic rings. The number of benzene rings is 2. The van der Waals surface area contributed by atoms with Gasteiger partial charge in [0.25, 0.3) is 0 Å². The van der Waals surface area contributed by atoms with Crippen LogP contribution in [-0.4, -0.2) is 21.7 Å². The number of carboxylic acid groups (broad SMARTS) is 2. The number of alkyl halides is 3. The van der Waals surface area contributed by atoms with Crippen molar-refractivity contribution in [3.8, 4) is 0 Å². The molecule has 0 spiro atoms. The van der Waals surface area contributed by atoms with Crippen molar-refractivity contribution in [3.05, 3.63) is 82.5 Å². The number of aromatic nitrogens is 2. The molecule has 2 aromatic carbocycles. The van der Waals surface area contributed by atoms with Crippen LogP contribution in [-0.2, 0) is 6.18 Å². The molecule has 2 heterocycles. The maximum atomic E-state index is 13.2. The predicted molar refractivity (Wildman–Crippen MR) is 93.3 cm³/mol. The van der Waals surface area contributed by atoms with E-state index in [0.717, 1.165) is 10.7 Å². The lowest BCUT2D eigenvalue weighted by Gasteiger charge is -2.26. The standard InChI is InChI=1S/C20H14F3N3O4/c21-20(22,23)14-9-15-24-16(10-5-1-3-7-12(10)18(27)28)17(26(15)25-14)11-6-2-4-8-13(11)19(29)30/h1-9,16-17,24H,(H,27,28)(H,29,30)/p-2. The molecule has 0 bridgehead atoms. The fourth-order valence-electron chi connectivity index (χ4n) is 3.69. The van der Waals surface area contributed by atoms with E-state index in [4.69, 9.17) is 0 Å². The number of carbonyl (C=O) groups excluding carboxylic acids is 2. The number of carbonyl (C=O) groups is 2. The largest absolute Gasteiger partial charge is 0.545 e. The summed E-state index contributed by atoms with van der Waals surface area (Å²) >= 11 is 0. The first-order valence-electron chi connectivity index (χ1n) is 8.72. The van der Waals surface area contributed by atoms with Crippen LogP contribution in [0.2, 0.25) is 0 Å². The summed E-state index contributed by atoms with van der Waals surface area (Å²) in [7, 11) is 0. The van der Waals surface area contributed by atoms with Crippen molar-refractivity contribution < 1.29 is 33.0 Å². The molecule has 30 heavy (non-hydrogen) atoms. The first-order valence-corrected chi connectivity index (χ1v) is 8.72. The Morgan fingerprint density at radius 1 is 0.933 bits per heavy atom. The number of hydrogen-bond donors (Lipinski definition) is 1. The predicted octanol–water partition coefficient (Wildman–Crippen LogP) is 1.39. The Kier molecular flexibility index (Phi) is 4.49. The fourth-order valence-corrected chi connectivity index (χ4v) is 3.69. The minimum atomic E-state index is -4.71. The highest BCUT2D eigenvalue weighted by Crippen LogP contribution is 2.45. The number of fused-ring (bicyclic) bond motifs is 1. The molecule has 0 saturated carbocycles. The van der Waals surface area contributed by atoms with Crippen molar-refractivity contribution in [1.29, 1.82) is 0 Å². The maximum Gasteiger partial charge on any atom is 0.435 e. The van der Waals surface area contributed by atoms with E-state index in [-0.39, 0.29) is 28.1 Å². The molecule has 2 atom stereocenters. The molecular formula is C20H12F3N3O4-2. The second-order valence-electron chi connectivity index (χ2n) is 6.67. The second kappa shape index (κ2) is 6.90. The van der Waals surface area contributed by atoms with E-state index in [1.807, 2.05) is 0 Å². The summed E-state index contributed by atoms with van der Waals surface area (Å²) in [5, 5.41) is 29.7. The third-order valence-electron chi connectivity index (χ3n) is 4.92. The van der Waals surface area contributed by atoms with E-state index >= 15 is 0 Å². The molecule has 0 aliphatic carbocycles. The average molecular weight is 415 g/mol. The topological polar surface area (TPSA) is 110 Å². The van der Waals surface area contributed by atoms with E-state index in [2.05, 4.69) is 10.4 Å². The zero-order valence-corrected chi connectivity index (χ0v) is 15.0. The molecule has 2 unspecified atom stereocenters. The highest BCUT2D eigenvalue weighted by molar-refractivity contribution is 5.89. The Labute approximate surface area is 167 Å². The smallest absolute Gasteiger partial charge is 0.435 e. The van der Waals surface area contributed by atoms with E-state index in [1.54, 1.807) is 6.07 Å². The van der Waals surface area contributed by atoms with Gasteiger partial charge in [0.15, 0.2) is 5.69 Å². The Morgan fingerprint density at radius 2 is 1.47 bits per heavy atom. The van der Waals surface area contributed by atoms with Crippen LogP contribution in [0.15, 0.2) is 54.6 Å². The fraction of sp³-hybridized carbons (Fsp3) is 0.150. The van der Waals surface area contributed by atoms with Crippen LogP contribution in [0.5, 0.6) is 0 Å². The minimum Gasteiger partial charge on any atom is -0.545 e. The number of nitrogens with one attached hydrogen (secondary N) is 1. The zero-order valence-electron chi connectivity index (χ0n) is 15.0. The van der Waals surface area contributed by atoms with E-state index in [0.29, 0.717) is 0 Å². The van der Waals surface area contributed by atoms with Gasteiger partial charge in [-0.1, -0.05) is 48.5 Å². The summed E-state index contributed by atoms with van der Waals surface area (Å²) in [6.45, 7) is 0. The summed E-state index contributed by atoms with van der Waals surface area (Å²) in [5.74, 6) is -3.02. The molecule has 1 aromatic heterocycles. The van der Waals surface area contributed by atoms with Gasteiger partial charge >= 0.3 is 6.18 Å². The number of nitrogens with zero attached hydrogens (tertiary/aromatic N) is 2. The Hall–Kier alpha value is -3.82. The van der Waals surface area contributed by atoms with Crippen LogP contribution in [0.3, 0.4) is 0 Å². The van der Waals surface area contributed by atoms with Gasteiger partial charge in [-0.2, -0.15) is 18.3 Å². The lowest BCUT2D eigenvalue weighted by molar-refractivity contribution is -0.256. The molecule has 0 radical (unpaired) electrons. The monoisotopic (exact) mass is 415 g/mol. The number of rotatable bonds is 4. The summed E-state index contributed by atoms with van der Waals surface area (Å²) in [6, 6.07) is 10.3. The molecule has 10 heteroatoms. The van der Waals surface area contributed by atoms with Gasteiger partial charge in [-0.15, -0.1) is 0 Å². The number of hydrogen-bond acceptors (Lipinski definition) is 6. The van der Waals surface area contributed by atoms with Gasteiger partial charge in [-0.3, -0.25) is 0 Å². The van der Waals surface area contributed by atoms with Gasteiger partial charge in [-0.25, -0.2) is 4.68 Å². The molecule has 154 valence electrons. The highest BCUT2D eigenvalue weighted by Gasteiger charge is 2.42. The van der Waals surface area contributed by atoms with E-state index in [1.165, 1.54) is 42.5 Å². The van der Waals surface area contributed by atoms with Gasteiger partial charge < -0.3 is 25.1 Å². The summed E-state index contributed by atoms with van der Waals surface area (Å²) in [6.07, 6.45) is -4.71. The van der Waals surface area contributed by atoms with Crippen LogP contribution in [0, 0.1) is 0 Å². The average Bonchev–Trinajstić information content (AvgIpc) is 3.25. The molecule has 0 saturated heterocycles. The number of anilines is 1. The van der Waals surface area contributed by atoms with Crippen molar-refractivity contribution >= 4 is 17.8 Å². The first kappa shape index (κ1) is 19.5. The van der Waals surface area contributed by atoms with Gasteiger partial charge in [-0.05, 0) is 11.1 Å². The minimum absolute atomic E-state index is 0.0290. The summed E-state index contributed by atoms with van der Waals surface area (Å²) in [5.41, 5.74) is -1.23.